The van der Waals surface area contributed by atoms with Crippen LogP contribution in [0.1, 0.15) is 12.8 Å². The van der Waals surface area contributed by atoms with Crippen molar-refractivity contribution in [2.24, 2.45) is 13.0 Å². The fourth-order valence-corrected chi connectivity index (χ4v) is 3.81. The standard InChI is InChI=1S/C22H24N4O2/c1-25-11-8-15(9-12-25)22(28)24-20-13-16(7-10-23-20)18-14-21(27)26(2)19-6-4-3-5-17(18)19/h3-7,10,13-15H,8-9,11-12H2,1-2H3,(H,23,24,28). The number of aromatic nitrogens is 2. The van der Waals surface area contributed by atoms with Gasteiger partial charge in [0.05, 0.1) is 5.52 Å². The van der Waals surface area contributed by atoms with Gasteiger partial charge in [-0.1, -0.05) is 18.2 Å². The highest BCUT2D eigenvalue weighted by Crippen LogP contribution is 2.28. The summed E-state index contributed by atoms with van der Waals surface area (Å²) in [7, 11) is 3.85. The number of nitrogens with zero attached hydrogens (tertiary/aromatic N) is 3. The van der Waals surface area contributed by atoms with E-state index in [0.29, 0.717) is 5.82 Å². The molecule has 1 aliphatic rings. The normalized spacial score (nSPS) is 15.6. The van der Waals surface area contributed by atoms with Crippen LogP contribution in [0.5, 0.6) is 0 Å². The summed E-state index contributed by atoms with van der Waals surface area (Å²) in [6.07, 6.45) is 3.40. The Morgan fingerprint density at radius 2 is 1.86 bits per heavy atom. The SMILES string of the molecule is CN1CCC(C(=O)Nc2cc(-c3cc(=O)n(C)c4ccccc34)ccn2)CC1. The lowest BCUT2D eigenvalue weighted by Gasteiger charge is -2.27. The first-order valence-electron chi connectivity index (χ1n) is 9.57. The van der Waals surface area contributed by atoms with Crippen LogP contribution in [-0.2, 0) is 11.8 Å². The minimum absolute atomic E-state index is 0.0199. The van der Waals surface area contributed by atoms with Crippen molar-refractivity contribution in [2.75, 3.05) is 25.5 Å². The summed E-state index contributed by atoms with van der Waals surface area (Å²) >= 11 is 0. The molecule has 0 unspecified atom stereocenters. The van der Waals surface area contributed by atoms with E-state index >= 15 is 0 Å². The van der Waals surface area contributed by atoms with Crippen molar-refractivity contribution < 1.29 is 4.79 Å². The van der Waals surface area contributed by atoms with E-state index in [1.165, 1.54) is 0 Å². The summed E-state index contributed by atoms with van der Waals surface area (Å²) in [6.45, 7) is 1.87. The number of likely N-dealkylation sites (tertiary alicyclic amines) is 1. The van der Waals surface area contributed by atoms with Gasteiger partial charge in [-0.2, -0.15) is 0 Å². The van der Waals surface area contributed by atoms with Crippen molar-refractivity contribution in [3.05, 3.63) is 59.0 Å². The Balaban J connectivity index is 1.65. The van der Waals surface area contributed by atoms with E-state index in [4.69, 9.17) is 0 Å². The van der Waals surface area contributed by atoms with Gasteiger partial charge in [-0.05, 0) is 62.3 Å². The Kier molecular flexibility index (Phi) is 4.96. The summed E-state index contributed by atoms with van der Waals surface area (Å²) in [5.74, 6) is 0.560. The molecule has 1 saturated heterocycles. The number of carbonyl (C=O) groups excluding carboxylic acids is 1. The molecule has 0 bridgehead atoms. The molecule has 0 atom stereocenters. The number of aryl methyl sites for hydroxylation is 1. The maximum absolute atomic E-state index is 12.6. The molecule has 1 aliphatic heterocycles. The van der Waals surface area contributed by atoms with Crippen molar-refractivity contribution in [3.8, 4) is 11.1 Å². The van der Waals surface area contributed by atoms with E-state index in [2.05, 4.69) is 22.2 Å². The molecule has 0 radical (unpaired) electrons. The first-order valence-corrected chi connectivity index (χ1v) is 9.57. The van der Waals surface area contributed by atoms with Gasteiger partial charge in [0.15, 0.2) is 0 Å². The van der Waals surface area contributed by atoms with Gasteiger partial charge < -0.3 is 14.8 Å². The second kappa shape index (κ2) is 7.56. The van der Waals surface area contributed by atoms with Gasteiger partial charge in [0.2, 0.25) is 5.91 Å². The van der Waals surface area contributed by atoms with Gasteiger partial charge in [0, 0.05) is 30.6 Å². The number of amides is 1. The average Bonchev–Trinajstić information content (AvgIpc) is 2.71. The second-order valence-electron chi connectivity index (χ2n) is 7.47. The van der Waals surface area contributed by atoms with Crippen molar-refractivity contribution in [1.82, 2.24) is 14.5 Å². The predicted molar refractivity (Wildman–Crippen MR) is 111 cm³/mol. The topological polar surface area (TPSA) is 67.2 Å². The first-order chi connectivity index (χ1) is 13.5. The lowest BCUT2D eigenvalue weighted by Crippen LogP contribution is -2.36. The molecule has 1 aromatic carbocycles. The van der Waals surface area contributed by atoms with E-state index in [9.17, 15) is 9.59 Å². The lowest BCUT2D eigenvalue weighted by atomic mass is 9.96. The molecular formula is C22H24N4O2. The number of piperidine rings is 1. The summed E-state index contributed by atoms with van der Waals surface area (Å²) in [5, 5.41) is 3.95. The molecular weight excluding hydrogens is 352 g/mol. The Morgan fingerprint density at radius 3 is 2.64 bits per heavy atom. The quantitative estimate of drug-likeness (QED) is 0.763. The maximum atomic E-state index is 12.6. The number of fused-ring (bicyclic) bond motifs is 1. The number of rotatable bonds is 3. The molecule has 0 spiro atoms. The third-order valence-electron chi connectivity index (χ3n) is 5.57. The summed E-state index contributed by atoms with van der Waals surface area (Å²) in [6, 6.07) is 13.2. The first kappa shape index (κ1) is 18.4. The van der Waals surface area contributed by atoms with Crippen molar-refractivity contribution in [2.45, 2.75) is 12.8 Å². The fraction of sp³-hybridized carbons (Fsp3) is 0.318. The molecule has 0 saturated carbocycles. The number of benzene rings is 1. The number of nitrogens with one attached hydrogen (secondary N) is 1. The van der Waals surface area contributed by atoms with Crippen LogP contribution in [0.15, 0.2) is 53.5 Å². The molecule has 2 aromatic heterocycles. The smallest absolute Gasteiger partial charge is 0.251 e. The highest BCUT2D eigenvalue weighted by atomic mass is 16.2. The van der Waals surface area contributed by atoms with Crippen molar-refractivity contribution in [3.63, 3.8) is 0 Å². The molecule has 28 heavy (non-hydrogen) atoms. The van der Waals surface area contributed by atoms with Crippen LogP contribution in [0, 0.1) is 5.92 Å². The number of hydrogen-bond donors (Lipinski definition) is 1. The summed E-state index contributed by atoms with van der Waals surface area (Å²) in [5.41, 5.74) is 2.51. The highest BCUT2D eigenvalue weighted by molar-refractivity contribution is 5.96. The van der Waals surface area contributed by atoms with Gasteiger partial charge in [-0.3, -0.25) is 9.59 Å². The van der Waals surface area contributed by atoms with Gasteiger partial charge in [0.25, 0.3) is 5.56 Å². The van der Waals surface area contributed by atoms with Crippen LogP contribution >= 0.6 is 0 Å². The minimum atomic E-state index is -0.0672. The molecule has 1 fully saturated rings. The zero-order valence-electron chi connectivity index (χ0n) is 16.2. The van der Waals surface area contributed by atoms with E-state index in [0.717, 1.165) is 48.0 Å². The number of hydrogen-bond acceptors (Lipinski definition) is 4. The van der Waals surface area contributed by atoms with Crippen LogP contribution < -0.4 is 10.9 Å². The van der Waals surface area contributed by atoms with Crippen molar-refractivity contribution >= 4 is 22.6 Å². The zero-order valence-corrected chi connectivity index (χ0v) is 16.2. The Bertz CT molecular complexity index is 1080. The fourth-order valence-electron chi connectivity index (χ4n) is 3.81. The number of para-hydroxylation sites is 1. The Morgan fingerprint density at radius 1 is 1.11 bits per heavy atom. The molecule has 4 rings (SSSR count). The van der Waals surface area contributed by atoms with Gasteiger partial charge in [-0.25, -0.2) is 4.98 Å². The molecule has 1 N–H and O–H groups in total. The molecule has 3 aromatic rings. The lowest BCUT2D eigenvalue weighted by molar-refractivity contribution is -0.121. The zero-order chi connectivity index (χ0) is 19.7. The number of pyridine rings is 2. The average molecular weight is 376 g/mol. The van der Waals surface area contributed by atoms with E-state index in [-0.39, 0.29) is 17.4 Å². The van der Waals surface area contributed by atoms with Crippen LogP contribution in [-0.4, -0.2) is 40.5 Å². The van der Waals surface area contributed by atoms with Crippen LogP contribution in [0.4, 0.5) is 5.82 Å². The summed E-state index contributed by atoms with van der Waals surface area (Å²) in [4.78, 5) is 31.6. The third-order valence-corrected chi connectivity index (χ3v) is 5.57. The number of anilines is 1. The minimum Gasteiger partial charge on any atom is -0.311 e. The highest BCUT2D eigenvalue weighted by Gasteiger charge is 2.23. The van der Waals surface area contributed by atoms with Gasteiger partial charge >= 0.3 is 0 Å². The van der Waals surface area contributed by atoms with E-state index in [1.54, 1.807) is 23.9 Å². The summed E-state index contributed by atoms with van der Waals surface area (Å²) < 4.78 is 1.64. The van der Waals surface area contributed by atoms with Crippen LogP contribution in [0.3, 0.4) is 0 Å². The largest absolute Gasteiger partial charge is 0.311 e. The Labute approximate surface area is 163 Å². The molecule has 0 aliphatic carbocycles. The van der Waals surface area contributed by atoms with Gasteiger partial charge in [-0.15, -0.1) is 0 Å². The van der Waals surface area contributed by atoms with Crippen LogP contribution in [0.2, 0.25) is 0 Å². The predicted octanol–water partition coefficient (Wildman–Crippen LogP) is 2.88. The van der Waals surface area contributed by atoms with E-state index in [1.807, 2.05) is 36.4 Å². The molecule has 6 nitrogen and oxygen atoms in total. The number of carbonyl (C=O) groups is 1. The van der Waals surface area contributed by atoms with Crippen LogP contribution in [0.25, 0.3) is 22.0 Å². The van der Waals surface area contributed by atoms with Crippen molar-refractivity contribution in [1.29, 1.82) is 0 Å². The molecule has 6 heteroatoms. The second-order valence-corrected chi connectivity index (χ2v) is 7.47. The Hall–Kier alpha value is -2.99. The monoisotopic (exact) mass is 376 g/mol. The molecule has 3 heterocycles. The molecule has 1 amide bonds. The van der Waals surface area contributed by atoms with Gasteiger partial charge in [0.1, 0.15) is 5.82 Å². The van der Waals surface area contributed by atoms with E-state index < -0.39 is 0 Å². The molecule has 144 valence electrons. The maximum Gasteiger partial charge on any atom is 0.251 e. The third kappa shape index (κ3) is 3.55.